The van der Waals surface area contributed by atoms with Crippen molar-refractivity contribution in [3.8, 4) is 6.19 Å². The Bertz CT molecular complexity index is 217. The van der Waals surface area contributed by atoms with Crippen LogP contribution in [0.3, 0.4) is 0 Å². The topological polar surface area (TPSA) is 62.9 Å². The first-order valence-electron chi connectivity index (χ1n) is 4.31. The summed E-state index contributed by atoms with van der Waals surface area (Å²) in [6.07, 6.45) is 5.82. The summed E-state index contributed by atoms with van der Waals surface area (Å²) in [6, 6.07) is 0.228. The molecule has 0 bridgehead atoms. The highest BCUT2D eigenvalue weighted by atomic mass is 32.2. The summed E-state index contributed by atoms with van der Waals surface area (Å²) in [5, 5.41) is 20.1. The van der Waals surface area contributed by atoms with E-state index in [4.69, 9.17) is 10.7 Å². The standard InChI is InChI=1S/C8H14N4S/c1-13-8(10)12(6-9)7-2-4-11-5-3-7/h7,10-11H,2-5H2,1H3. The summed E-state index contributed by atoms with van der Waals surface area (Å²) in [7, 11) is 0. The van der Waals surface area contributed by atoms with Gasteiger partial charge in [0.2, 0.25) is 0 Å². The van der Waals surface area contributed by atoms with Crippen LogP contribution in [0.2, 0.25) is 0 Å². The maximum Gasteiger partial charge on any atom is 0.186 e. The fourth-order valence-electron chi connectivity index (χ4n) is 1.46. The van der Waals surface area contributed by atoms with Gasteiger partial charge in [0.15, 0.2) is 11.4 Å². The molecule has 1 aliphatic rings. The lowest BCUT2D eigenvalue weighted by molar-refractivity contribution is 0.323. The molecule has 0 spiro atoms. The fraction of sp³-hybridized carbons (Fsp3) is 0.750. The van der Waals surface area contributed by atoms with Gasteiger partial charge in [-0.3, -0.25) is 10.3 Å². The molecule has 1 saturated heterocycles. The number of nitriles is 1. The predicted molar refractivity (Wildman–Crippen MR) is 54.6 cm³/mol. The Kier molecular flexibility index (Phi) is 4.06. The first-order chi connectivity index (χ1) is 6.29. The molecule has 0 atom stereocenters. The number of piperidine rings is 1. The van der Waals surface area contributed by atoms with Gasteiger partial charge in [-0.1, -0.05) is 11.8 Å². The zero-order valence-corrected chi connectivity index (χ0v) is 8.52. The summed E-state index contributed by atoms with van der Waals surface area (Å²) in [5.74, 6) is 0. The number of amidine groups is 1. The van der Waals surface area contributed by atoms with Crippen LogP contribution in [0, 0.1) is 16.9 Å². The summed E-state index contributed by atoms with van der Waals surface area (Å²) in [6.45, 7) is 1.90. The molecule has 1 rings (SSSR count). The third kappa shape index (κ3) is 2.61. The van der Waals surface area contributed by atoms with Crippen molar-refractivity contribution in [1.82, 2.24) is 10.2 Å². The molecule has 0 aromatic rings. The molecular weight excluding hydrogens is 184 g/mol. The predicted octanol–water partition coefficient (Wildman–Crippen LogP) is 0.819. The maximum absolute atomic E-state index is 8.88. The first-order valence-corrected chi connectivity index (χ1v) is 5.54. The Morgan fingerprint density at radius 2 is 2.23 bits per heavy atom. The smallest absolute Gasteiger partial charge is 0.186 e. The third-order valence-electron chi connectivity index (χ3n) is 2.19. The summed E-state index contributed by atoms with van der Waals surface area (Å²) in [4.78, 5) is 1.52. The van der Waals surface area contributed by atoms with E-state index in [0.717, 1.165) is 25.9 Å². The van der Waals surface area contributed by atoms with E-state index >= 15 is 0 Å². The largest absolute Gasteiger partial charge is 0.317 e. The van der Waals surface area contributed by atoms with E-state index < -0.39 is 0 Å². The molecule has 0 amide bonds. The van der Waals surface area contributed by atoms with E-state index in [1.54, 1.807) is 0 Å². The average molecular weight is 198 g/mol. The monoisotopic (exact) mass is 198 g/mol. The van der Waals surface area contributed by atoms with E-state index in [1.165, 1.54) is 16.7 Å². The Hall–Kier alpha value is -0.730. The lowest BCUT2D eigenvalue weighted by Crippen LogP contribution is -2.42. The molecule has 1 aliphatic heterocycles. The van der Waals surface area contributed by atoms with Crippen molar-refractivity contribution in [2.24, 2.45) is 0 Å². The van der Waals surface area contributed by atoms with Gasteiger partial charge in [0.25, 0.3) is 0 Å². The van der Waals surface area contributed by atoms with Crippen LogP contribution in [0.5, 0.6) is 0 Å². The molecule has 1 fully saturated rings. The van der Waals surface area contributed by atoms with Crippen molar-refractivity contribution < 1.29 is 0 Å². The van der Waals surface area contributed by atoms with E-state index in [-0.39, 0.29) is 6.04 Å². The molecule has 4 nitrogen and oxygen atoms in total. The van der Waals surface area contributed by atoms with Crippen LogP contribution >= 0.6 is 11.8 Å². The zero-order chi connectivity index (χ0) is 9.68. The van der Waals surface area contributed by atoms with Crippen molar-refractivity contribution in [1.29, 1.82) is 10.7 Å². The molecule has 1 heterocycles. The number of thioether (sulfide) groups is 1. The Balaban J connectivity index is 2.55. The highest BCUT2D eigenvalue weighted by molar-refractivity contribution is 8.13. The summed E-state index contributed by atoms with van der Waals surface area (Å²) >= 11 is 1.32. The van der Waals surface area contributed by atoms with E-state index in [9.17, 15) is 0 Å². The van der Waals surface area contributed by atoms with E-state index in [1.807, 2.05) is 6.26 Å². The first kappa shape index (κ1) is 10.4. The van der Waals surface area contributed by atoms with Gasteiger partial charge in [-0.05, 0) is 32.2 Å². The van der Waals surface area contributed by atoms with Gasteiger partial charge >= 0.3 is 0 Å². The van der Waals surface area contributed by atoms with E-state index in [0.29, 0.717) is 5.17 Å². The number of hydrogen-bond donors (Lipinski definition) is 2. The average Bonchev–Trinajstić information content (AvgIpc) is 2.20. The molecule has 0 aromatic heterocycles. The van der Waals surface area contributed by atoms with Crippen LogP contribution in [-0.4, -0.2) is 35.5 Å². The van der Waals surface area contributed by atoms with Gasteiger partial charge in [-0.15, -0.1) is 0 Å². The molecule has 13 heavy (non-hydrogen) atoms. The van der Waals surface area contributed by atoms with Gasteiger partial charge in [0, 0.05) is 6.04 Å². The second-order valence-corrected chi connectivity index (χ2v) is 3.76. The Morgan fingerprint density at radius 3 is 2.69 bits per heavy atom. The quantitative estimate of drug-likeness (QED) is 0.283. The van der Waals surface area contributed by atoms with Crippen LogP contribution in [0.25, 0.3) is 0 Å². The van der Waals surface area contributed by atoms with Gasteiger partial charge in [0.05, 0.1) is 0 Å². The van der Waals surface area contributed by atoms with Gasteiger partial charge in [0.1, 0.15) is 0 Å². The summed E-state index contributed by atoms with van der Waals surface area (Å²) in [5.41, 5.74) is 0. The van der Waals surface area contributed by atoms with Crippen LogP contribution in [0.4, 0.5) is 0 Å². The van der Waals surface area contributed by atoms with E-state index in [2.05, 4.69) is 11.5 Å². The van der Waals surface area contributed by atoms with Gasteiger partial charge in [-0.2, -0.15) is 5.26 Å². The maximum atomic E-state index is 8.88. The third-order valence-corrected chi connectivity index (χ3v) is 2.78. The minimum Gasteiger partial charge on any atom is -0.317 e. The van der Waals surface area contributed by atoms with Crippen molar-refractivity contribution in [2.45, 2.75) is 18.9 Å². The second kappa shape index (κ2) is 5.10. The van der Waals surface area contributed by atoms with Crippen LogP contribution < -0.4 is 5.32 Å². The molecule has 5 heteroatoms. The molecule has 0 unspecified atom stereocenters. The number of nitrogens with zero attached hydrogens (tertiary/aromatic N) is 2. The Morgan fingerprint density at radius 1 is 1.62 bits per heavy atom. The van der Waals surface area contributed by atoms with Crippen molar-refractivity contribution >= 4 is 16.9 Å². The Labute approximate surface area is 82.8 Å². The molecular formula is C8H14N4S. The number of rotatable bonds is 1. The lowest BCUT2D eigenvalue weighted by atomic mass is 10.1. The molecule has 0 aliphatic carbocycles. The van der Waals surface area contributed by atoms with Gasteiger partial charge < -0.3 is 5.32 Å². The minimum atomic E-state index is 0.228. The lowest BCUT2D eigenvalue weighted by Gasteiger charge is -2.29. The molecule has 2 N–H and O–H groups in total. The van der Waals surface area contributed by atoms with Crippen LogP contribution in [0.15, 0.2) is 0 Å². The molecule has 72 valence electrons. The summed E-state index contributed by atoms with van der Waals surface area (Å²) < 4.78 is 0. The zero-order valence-electron chi connectivity index (χ0n) is 7.71. The molecule has 0 aromatic carbocycles. The van der Waals surface area contributed by atoms with Gasteiger partial charge in [-0.25, -0.2) is 0 Å². The van der Waals surface area contributed by atoms with Crippen molar-refractivity contribution in [3.05, 3.63) is 0 Å². The molecule has 0 saturated carbocycles. The highest BCUT2D eigenvalue weighted by Gasteiger charge is 2.22. The number of hydrogen-bond acceptors (Lipinski definition) is 4. The SMILES string of the molecule is CSC(=N)N(C#N)C1CCNCC1. The fourth-order valence-corrected chi connectivity index (χ4v) is 1.84. The normalized spacial score (nSPS) is 17.8. The van der Waals surface area contributed by atoms with Crippen molar-refractivity contribution in [3.63, 3.8) is 0 Å². The minimum absolute atomic E-state index is 0.228. The molecule has 0 radical (unpaired) electrons. The van der Waals surface area contributed by atoms with Crippen LogP contribution in [-0.2, 0) is 0 Å². The van der Waals surface area contributed by atoms with Crippen LogP contribution in [0.1, 0.15) is 12.8 Å². The number of nitrogens with one attached hydrogen (secondary N) is 2. The van der Waals surface area contributed by atoms with Crippen molar-refractivity contribution in [2.75, 3.05) is 19.3 Å². The second-order valence-electron chi connectivity index (χ2n) is 2.96. The highest BCUT2D eigenvalue weighted by Crippen LogP contribution is 2.14.